The van der Waals surface area contributed by atoms with Crippen LogP contribution < -0.4 is 4.72 Å². The van der Waals surface area contributed by atoms with Crippen molar-refractivity contribution in [2.75, 3.05) is 4.72 Å². The van der Waals surface area contributed by atoms with Crippen molar-refractivity contribution in [3.8, 4) is 0 Å². The molecule has 0 radical (unpaired) electrons. The largest absolute Gasteiger partial charge is 0.478 e. The van der Waals surface area contributed by atoms with E-state index in [1.165, 1.54) is 36.7 Å². The smallest absolute Gasteiger partial charge is 0.335 e. The normalized spacial score (nSPS) is 11.2. The number of aromatic carboxylic acids is 1. The summed E-state index contributed by atoms with van der Waals surface area (Å²) < 4.78 is 26.1. The topological polar surface area (TPSA) is 99.3 Å². The molecule has 2 rings (SSSR count). The molecule has 0 aliphatic rings. The van der Waals surface area contributed by atoms with E-state index >= 15 is 0 Å². The number of benzene rings is 1. The third-order valence-corrected chi connectivity index (χ3v) is 3.87. The van der Waals surface area contributed by atoms with Gasteiger partial charge in [0, 0.05) is 17.4 Å². The second-order valence-electron chi connectivity index (χ2n) is 3.69. The standard InChI is InChI=1S/C11H9ClN2O4S/c12-8-3-7(11(15)16)4-9(5-8)14-19(17,18)10-1-2-13-6-10/h1-6,13-14H,(H,15,16). The molecule has 100 valence electrons. The van der Waals surface area contributed by atoms with Gasteiger partial charge in [-0.05, 0) is 24.3 Å². The maximum Gasteiger partial charge on any atom is 0.335 e. The van der Waals surface area contributed by atoms with E-state index in [4.69, 9.17) is 16.7 Å². The molecule has 0 atom stereocenters. The molecule has 0 bridgehead atoms. The van der Waals surface area contributed by atoms with E-state index in [2.05, 4.69) is 9.71 Å². The summed E-state index contributed by atoms with van der Waals surface area (Å²) in [6.07, 6.45) is 2.78. The van der Waals surface area contributed by atoms with Gasteiger partial charge in [-0.25, -0.2) is 13.2 Å². The number of halogens is 1. The molecule has 0 aliphatic carbocycles. The summed E-state index contributed by atoms with van der Waals surface area (Å²) in [5.74, 6) is -1.19. The van der Waals surface area contributed by atoms with E-state index in [9.17, 15) is 13.2 Å². The summed E-state index contributed by atoms with van der Waals surface area (Å²) in [7, 11) is -3.76. The first-order valence-corrected chi connectivity index (χ1v) is 6.94. The van der Waals surface area contributed by atoms with Gasteiger partial charge in [0.05, 0.1) is 11.3 Å². The van der Waals surface area contributed by atoms with Gasteiger partial charge in [0.15, 0.2) is 0 Å². The van der Waals surface area contributed by atoms with Crippen LogP contribution in [0, 0.1) is 0 Å². The number of hydrogen-bond donors (Lipinski definition) is 3. The molecule has 0 unspecified atom stereocenters. The molecule has 0 fully saturated rings. The first-order chi connectivity index (χ1) is 8.88. The maximum atomic E-state index is 11.9. The number of sulfonamides is 1. The minimum absolute atomic E-state index is 0.0457. The number of carboxylic acids is 1. The Balaban J connectivity index is 2.37. The summed E-state index contributed by atoms with van der Waals surface area (Å²) in [6, 6.07) is 5.14. The van der Waals surface area contributed by atoms with E-state index in [0.29, 0.717) is 0 Å². The average molecular weight is 301 g/mol. The van der Waals surface area contributed by atoms with Gasteiger partial charge in [-0.3, -0.25) is 4.72 Å². The van der Waals surface area contributed by atoms with Crippen molar-refractivity contribution in [1.82, 2.24) is 4.98 Å². The van der Waals surface area contributed by atoms with Crippen molar-refractivity contribution in [2.24, 2.45) is 0 Å². The van der Waals surface area contributed by atoms with E-state index in [0.717, 1.165) is 0 Å². The lowest BCUT2D eigenvalue weighted by Crippen LogP contribution is -2.12. The fraction of sp³-hybridized carbons (Fsp3) is 0. The Bertz CT molecular complexity index is 710. The van der Waals surface area contributed by atoms with Crippen LogP contribution in [0.4, 0.5) is 5.69 Å². The third-order valence-electron chi connectivity index (χ3n) is 2.28. The van der Waals surface area contributed by atoms with Crippen LogP contribution in [0.25, 0.3) is 0 Å². The van der Waals surface area contributed by atoms with E-state index in [1.54, 1.807) is 0 Å². The average Bonchev–Trinajstić information content (AvgIpc) is 2.81. The molecule has 0 spiro atoms. The lowest BCUT2D eigenvalue weighted by atomic mass is 10.2. The first-order valence-electron chi connectivity index (χ1n) is 5.08. The second-order valence-corrected chi connectivity index (χ2v) is 5.80. The zero-order valence-corrected chi connectivity index (χ0v) is 11.0. The van der Waals surface area contributed by atoms with Gasteiger partial charge in [0.2, 0.25) is 0 Å². The van der Waals surface area contributed by atoms with Crippen molar-refractivity contribution in [3.63, 3.8) is 0 Å². The Hall–Kier alpha value is -1.99. The van der Waals surface area contributed by atoms with Crippen LogP contribution in [-0.4, -0.2) is 24.5 Å². The molecule has 0 saturated heterocycles. The summed E-state index contributed by atoms with van der Waals surface area (Å²) >= 11 is 5.74. The Morgan fingerprint density at radius 3 is 2.63 bits per heavy atom. The Morgan fingerprint density at radius 2 is 2.05 bits per heavy atom. The van der Waals surface area contributed by atoms with Crippen LogP contribution >= 0.6 is 11.6 Å². The summed E-state index contributed by atoms with van der Waals surface area (Å²) in [5.41, 5.74) is -0.00892. The van der Waals surface area contributed by atoms with Gasteiger partial charge >= 0.3 is 5.97 Å². The van der Waals surface area contributed by atoms with Gasteiger partial charge < -0.3 is 10.1 Å². The number of aromatic nitrogens is 1. The van der Waals surface area contributed by atoms with Gasteiger partial charge in [-0.15, -0.1) is 0 Å². The van der Waals surface area contributed by atoms with E-state index in [1.807, 2.05) is 0 Å². The predicted molar refractivity (Wildman–Crippen MR) is 70.0 cm³/mol. The second kappa shape index (κ2) is 4.94. The highest BCUT2D eigenvalue weighted by Crippen LogP contribution is 2.22. The summed E-state index contributed by atoms with van der Waals surface area (Å²) in [5, 5.41) is 9.01. The van der Waals surface area contributed by atoms with Crippen LogP contribution in [0.5, 0.6) is 0 Å². The van der Waals surface area contributed by atoms with Crippen LogP contribution in [0.2, 0.25) is 5.02 Å². The lowest BCUT2D eigenvalue weighted by Gasteiger charge is -2.08. The number of H-pyrrole nitrogens is 1. The highest BCUT2D eigenvalue weighted by atomic mass is 35.5. The van der Waals surface area contributed by atoms with Crippen molar-refractivity contribution >= 4 is 33.3 Å². The van der Waals surface area contributed by atoms with E-state index in [-0.39, 0.29) is 21.2 Å². The van der Waals surface area contributed by atoms with Crippen molar-refractivity contribution in [1.29, 1.82) is 0 Å². The van der Waals surface area contributed by atoms with Gasteiger partial charge in [-0.1, -0.05) is 11.6 Å². The fourth-order valence-electron chi connectivity index (χ4n) is 1.46. The number of carbonyl (C=O) groups is 1. The minimum atomic E-state index is -3.76. The van der Waals surface area contributed by atoms with E-state index < -0.39 is 16.0 Å². The van der Waals surface area contributed by atoms with Crippen molar-refractivity contribution in [2.45, 2.75) is 4.90 Å². The molecule has 3 N–H and O–H groups in total. The Labute approximate surface area is 114 Å². The number of rotatable bonds is 4. The molecule has 8 heteroatoms. The SMILES string of the molecule is O=C(O)c1cc(Cl)cc(NS(=O)(=O)c2cc[nH]c2)c1. The van der Waals surface area contributed by atoms with Crippen molar-refractivity contribution in [3.05, 3.63) is 47.2 Å². The van der Waals surface area contributed by atoms with Crippen LogP contribution in [0.1, 0.15) is 10.4 Å². The third kappa shape index (κ3) is 3.07. The number of nitrogens with one attached hydrogen (secondary N) is 2. The summed E-state index contributed by atoms with van der Waals surface area (Å²) in [4.78, 5) is 13.5. The predicted octanol–water partition coefficient (Wildman–Crippen LogP) is 2.17. The Kier molecular flexibility index (Phi) is 3.50. The highest BCUT2D eigenvalue weighted by molar-refractivity contribution is 7.92. The molecule has 1 aromatic carbocycles. The first kappa shape index (κ1) is 13.4. The van der Waals surface area contributed by atoms with Crippen LogP contribution in [-0.2, 0) is 10.0 Å². The molecular weight excluding hydrogens is 292 g/mol. The van der Waals surface area contributed by atoms with Gasteiger partial charge in [-0.2, -0.15) is 0 Å². The number of aromatic amines is 1. The number of anilines is 1. The number of carboxylic acid groups (broad SMARTS) is 1. The molecule has 6 nitrogen and oxygen atoms in total. The fourth-order valence-corrected chi connectivity index (χ4v) is 2.71. The highest BCUT2D eigenvalue weighted by Gasteiger charge is 2.16. The van der Waals surface area contributed by atoms with Gasteiger partial charge in [0.1, 0.15) is 4.90 Å². The molecular formula is C11H9ClN2O4S. The monoisotopic (exact) mass is 300 g/mol. The molecule has 2 aromatic rings. The van der Waals surface area contributed by atoms with Gasteiger partial charge in [0.25, 0.3) is 10.0 Å². The lowest BCUT2D eigenvalue weighted by molar-refractivity contribution is 0.0697. The maximum absolute atomic E-state index is 11.9. The quantitative estimate of drug-likeness (QED) is 0.805. The zero-order valence-electron chi connectivity index (χ0n) is 9.42. The minimum Gasteiger partial charge on any atom is -0.478 e. The van der Waals surface area contributed by atoms with Crippen LogP contribution in [0.15, 0.2) is 41.6 Å². The molecule has 19 heavy (non-hydrogen) atoms. The number of hydrogen-bond acceptors (Lipinski definition) is 3. The molecule has 0 saturated carbocycles. The Morgan fingerprint density at radius 1 is 1.32 bits per heavy atom. The molecule has 1 heterocycles. The summed E-state index contributed by atoms with van der Waals surface area (Å²) in [6.45, 7) is 0. The van der Waals surface area contributed by atoms with Crippen LogP contribution in [0.3, 0.4) is 0 Å². The molecule has 0 amide bonds. The van der Waals surface area contributed by atoms with Crippen molar-refractivity contribution < 1.29 is 18.3 Å². The zero-order chi connectivity index (χ0) is 14.0. The molecule has 0 aliphatic heterocycles. The molecule has 1 aromatic heterocycles.